The third kappa shape index (κ3) is 3.93. The van der Waals surface area contributed by atoms with Crippen LogP contribution in [0.2, 0.25) is 5.02 Å². The molecular weight excluding hydrogens is 394 g/mol. The lowest BCUT2D eigenvalue weighted by Crippen LogP contribution is -2.47. The first-order chi connectivity index (χ1) is 12.3. The van der Waals surface area contributed by atoms with Crippen LogP contribution in [0, 0.1) is 0 Å². The van der Waals surface area contributed by atoms with Crippen LogP contribution < -0.4 is 4.80 Å². The van der Waals surface area contributed by atoms with Gasteiger partial charge in [0.1, 0.15) is 6.04 Å². The summed E-state index contributed by atoms with van der Waals surface area (Å²) in [6.07, 6.45) is 4.93. The van der Waals surface area contributed by atoms with Crippen LogP contribution in [0.5, 0.6) is 0 Å². The molecule has 2 aromatic rings. The number of sulfonamides is 1. The number of hydrogen-bond acceptors (Lipinski definition) is 4. The van der Waals surface area contributed by atoms with Gasteiger partial charge in [-0.25, -0.2) is 8.42 Å². The summed E-state index contributed by atoms with van der Waals surface area (Å²) in [7, 11) is -3.45. The molecule has 1 fully saturated rings. The molecule has 0 N–H and O–H groups in total. The minimum absolute atomic E-state index is 0.361. The number of carbonyl (C=O) groups is 1. The van der Waals surface area contributed by atoms with Crippen molar-refractivity contribution in [1.29, 1.82) is 0 Å². The van der Waals surface area contributed by atoms with Gasteiger partial charge in [-0.05, 0) is 31.0 Å². The number of carbonyl (C=O) groups excluding carboxylic acids is 1. The van der Waals surface area contributed by atoms with Crippen LogP contribution in [-0.2, 0) is 21.4 Å². The zero-order valence-electron chi connectivity index (χ0n) is 14.4. The highest BCUT2D eigenvalue weighted by Gasteiger charge is 2.34. The molecule has 9 heteroatoms. The zero-order valence-corrected chi connectivity index (χ0v) is 16.8. The highest BCUT2D eigenvalue weighted by atomic mass is 35.5. The summed E-state index contributed by atoms with van der Waals surface area (Å²) in [5, 5.41) is 0.609. The summed E-state index contributed by atoms with van der Waals surface area (Å²) in [5.74, 6) is -0.425. The van der Waals surface area contributed by atoms with Crippen molar-refractivity contribution in [3.63, 3.8) is 0 Å². The number of benzene rings is 1. The maximum Gasteiger partial charge on any atom is 0.266 e. The molecule has 1 unspecified atom stereocenters. The summed E-state index contributed by atoms with van der Waals surface area (Å²) < 4.78 is 28.1. The van der Waals surface area contributed by atoms with Crippen LogP contribution in [0.25, 0.3) is 10.2 Å². The number of rotatable bonds is 4. The Morgan fingerprint density at radius 2 is 2.23 bits per heavy atom. The SMILES string of the molecule is C=CCn1c(=NC(=O)C2CCCCN2S(C)(=O)=O)sc2cc(Cl)ccc21. The summed E-state index contributed by atoms with van der Waals surface area (Å²) in [4.78, 5) is 17.6. The Morgan fingerprint density at radius 3 is 2.92 bits per heavy atom. The Bertz CT molecular complexity index is 1020. The molecule has 0 spiro atoms. The Kier molecular flexibility index (Phi) is 5.67. The van der Waals surface area contributed by atoms with Gasteiger partial charge in [-0.15, -0.1) is 6.58 Å². The van der Waals surface area contributed by atoms with Crippen LogP contribution in [0.15, 0.2) is 35.8 Å². The van der Waals surface area contributed by atoms with Gasteiger partial charge in [0, 0.05) is 18.1 Å². The van der Waals surface area contributed by atoms with E-state index in [1.165, 1.54) is 15.6 Å². The van der Waals surface area contributed by atoms with Crippen LogP contribution in [0.1, 0.15) is 19.3 Å². The molecule has 2 heterocycles. The first-order valence-electron chi connectivity index (χ1n) is 8.26. The van der Waals surface area contributed by atoms with Crippen LogP contribution in [0.3, 0.4) is 0 Å². The monoisotopic (exact) mass is 413 g/mol. The van der Waals surface area contributed by atoms with E-state index in [1.807, 2.05) is 16.7 Å². The quantitative estimate of drug-likeness (QED) is 0.723. The van der Waals surface area contributed by atoms with E-state index in [9.17, 15) is 13.2 Å². The van der Waals surface area contributed by atoms with Crippen molar-refractivity contribution in [3.05, 3.63) is 40.7 Å². The molecule has 0 saturated carbocycles. The third-order valence-electron chi connectivity index (χ3n) is 4.33. The Balaban J connectivity index is 2.07. The molecule has 6 nitrogen and oxygen atoms in total. The largest absolute Gasteiger partial charge is 0.313 e. The second kappa shape index (κ2) is 7.64. The standard InChI is InChI=1S/C17H20ClN3O3S2/c1-3-9-20-13-8-7-12(18)11-15(13)25-17(20)19-16(22)14-6-4-5-10-21(14)26(2,23)24/h3,7-8,11,14H,1,4-6,9-10H2,2H3. The Morgan fingerprint density at radius 1 is 1.46 bits per heavy atom. The predicted octanol–water partition coefficient (Wildman–Crippen LogP) is 2.78. The molecule has 1 aromatic heterocycles. The van der Waals surface area contributed by atoms with E-state index in [0.29, 0.717) is 29.3 Å². The number of aromatic nitrogens is 1. The van der Waals surface area contributed by atoms with E-state index in [1.54, 1.807) is 12.1 Å². The van der Waals surface area contributed by atoms with Crippen molar-refractivity contribution >= 4 is 49.1 Å². The van der Waals surface area contributed by atoms with Gasteiger partial charge < -0.3 is 4.57 Å². The molecule has 26 heavy (non-hydrogen) atoms. The van der Waals surface area contributed by atoms with Gasteiger partial charge in [-0.1, -0.05) is 35.4 Å². The second-order valence-electron chi connectivity index (χ2n) is 6.23. The maximum absolute atomic E-state index is 12.8. The van der Waals surface area contributed by atoms with Crippen molar-refractivity contribution in [1.82, 2.24) is 8.87 Å². The fraction of sp³-hybridized carbons (Fsp3) is 0.412. The van der Waals surface area contributed by atoms with Gasteiger partial charge in [-0.3, -0.25) is 4.79 Å². The number of amides is 1. The molecule has 140 valence electrons. The van der Waals surface area contributed by atoms with Gasteiger partial charge in [0.25, 0.3) is 5.91 Å². The maximum atomic E-state index is 12.8. The lowest BCUT2D eigenvalue weighted by Gasteiger charge is -2.31. The molecule has 0 bridgehead atoms. The molecule has 1 atom stereocenters. The Hall–Kier alpha value is -1.48. The summed E-state index contributed by atoms with van der Waals surface area (Å²) in [5.41, 5.74) is 0.912. The fourth-order valence-corrected chi connectivity index (χ4v) is 5.59. The molecule has 1 aliphatic heterocycles. The van der Waals surface area contributed by atoms with Crippen molar-refractivity contribution in [2.24, 2.45) is 4.99 Å². The van der Waals surface area contributed by atoms with E-state index in [4.69, 9.17) is 11.6 Å². The lowest BCUT2D eigenvalue weighted by atomic mass is 10.0. The van der Waals surface area contributed by atoms with Crippen LogP contribution in [-0.4, -0.2) is 42.0 Å². The molecule has 0 radical (unpaired) electrons. The number of hydrogen-bond donors (Lipinski definition) is 0. The van der Waals surface area contributed by atoms with Crippen molar-refractivity contribution in [2.75, 3.05) is 12.8 Å². The van der Waals surface area contributed by atoms with E-state index < -0.39 is 22.0 Å². The summed E-state index contributed by atoms with van der Waals surface area (Å²) in [6.45, 7) is 4.61. The zero-order chi connectivity index (χ0) is 18.9. The number of allylic oxidation sites excluding steroid dienone is 1. The topological polar surface area (TPSA) is 71.7 Å². The minimum Gasteiger partial charge on any atom is -0.313 e. The second-order valence-corrected chi connectivity index (χ2v) is 9.61. The van der Waals surface area contributed by atoms with Gasteiger partial charge in [-0.2, -0.15) is 9.30 Å². The number of fused-ring (bicyclic) bond motifs is 1. The lowest BCUT2D eigenvalue weighted by molar-refractivity contribution is -0.122. The van der Waals surface area contributed by atoms with Gasteiger partial charge in [0.15, 0.2) is 4.80 Å². The number of thiazole rings is 1. The number of piperidine rings is 1. The predicted molar refractivity (Wildman–Crippen MR) is 105 cm³/mol. The highest BCUT2D eigenvalue weighted by molar-refractivity contribution is 7.88. The van der Waals surface area contributed by atoms with Crippen molar-refractivity contribution in [2.45, 2.75) is 31.8 Å². The third-order valence-corrected chi connectivity index (χ3v) is 6.89. The number of halogens is 1. The molecule has 1 aliphatic rings. The van der Waals surface area contributed by atoms with Gasteiger partial charge in [0.2, 0.25) is 10.0 Å². The first kappa shape index (κ1) is 19.3. The summed E-state index contributed by atoms with van der Waals surface area (Å²) >= 11 is 7.41. The molecule has 1 saturated heterocycles. The average Bonchev–Trinajstić information content (AvgIpc) is 2.91. The van der Waals surface area contributed by atoms with Crippen molar-refractivity contribution in [3.8, 4) is 0 Å². The average molecular weight is 414 g/mol. The number of nitrogens with zero attached hydrogens (tertiary/aromatic N) is 3. The first-order valence-corrected chi connectivity index (χ1v) is 11.3. The van der Waals surface area contributed by atoms with E-state index in [2.05, 4.69) is 11.6 Å². The van der Waals surface area contributed by atoms with Crippen LogP contribution >= 0.6 is 22.9 Å². The van der Waals surface area contributed by atoms with Gasteiger partial charge in [0.05, 0.1) is 16.5 Å². The molecular formula is C17H20ClN3O3S2. The molecule has 1 amide bonds. The molecule has 0 aliphatic carbocycles. The van der Waals surface area contributed by atoms with Crippen LogP contribution in [0.4, 0.5) is 0 Å². The minimum atomic E-state index is -3.45. The normalized spacial score (nSPS) is 19.8. The fourth-order valence-electron chi connectivity index (χ4n) is 3.16. The molecule has 1 aromatic carbocycles. The smallest absolute Gasteiger partial charge is 0.266 e. The van der Waals surface area contributed by atoms with E-state index in [-0.39, 0.29) is 0 Å². The van der Waals surface area contributed by atoms with E-state index >= 15 is 0 Å². The van der Waals surface area contributed by atoms with Crippen molar-refractivity contribution < 1.29 is 13.2 Å². The Labute approximate surface area is 161 Å². The summed E-state index contributed by atoms with van der Waals surface area (Å²) in [6, 6.07) is 4.76. The highest BCUT2D eigenvalue weighted by Crippen LogP contribution is 2.23. The van der Waals surface area contributed by atoms with E-state index in [0.717, 1.165) is 29.3 Å². The van der Waals surface area contributed by atoms with Gasteiger partial charge >= 0.3 is 0 Å². The molecule has 3 rings (SSSR count).